The molecule has 4 heterocycles. The van der Waals surface area contributed by atoms with Crippen molar-refractivity contribution in [2.75, 3.05) is 37.5 Å². The highest BCUT2D eigenvalue weighted by Gasteiger charge is 2.40. The monoisotopic (exact) mass is 651 g/mol. The number of pyridine rings is 3. The Bertz CT molecular complexity index is 1780. The number of nitrogens with one attached hydrogen (secondary N) is 2. The zero-order valence-corrected chi connectivity index (χ0v) is 26.2. The molecule has 0 unspecified atom stereocenters. The molecule has 1 amide bonds. The maximum absolute atomic E-state index is 14.1. The molecule has 3 N–H and O–H groups in total. The van der Waals surface area contributed by atoms with Crippen molar-refractivity contribution in [1.82, 2.24) is 24.9 Å². The predicted octanol–water partition coefficient (Wildman–Crippen LogP) is 6.22. The summed E-state index contributed by atoms with van der Waals surface area (Å²) in [5.41, 5.74) is 1.88. The predicted molar refractivity (Wildman–Crippen MR) is 168 cm³/mol. The van der Waals surface area contributed by atoms with Gasteiger partial charge < -0.3 is 19.7 Å². The van der Waals surface area contributed by atoms with Crippen LogP contribution < -0.4 is 10.2 Å². The topological polar surface area (TPSA) is 146 Å². The molecule has 47 heavy (non-hydrogen) atoms. The number of nitrogens with zero attached hydrogens (tertiary/aromatic N) is 5. The number of ether oxygens (including phenoxy) is 1. The molecule has 0 atom stereocenters. The maximum atomic E-state index is 14.1. The molecule has 14 heteroatoms. The van der Waals surface area contributed by atoms with E-state index in [1.807, 2.05) is 11.9 Å². The summed E-state index contributed by atoms with van der Waals surface area (Å²) in [6, 6.07) is 5.98. The van der Waals surface area contributed by atoms with E-state index < -0.39 is 23.6 Å². The van der Waals surface area contributed by atoms with E-state index >= 15 is 0 Å². The highest BCUT2D eigenvalue weighted by atomic mass is 19.4. The zero-order valence-electron chi connectivity index (χ0n) is 26.2. The van der Waals surface area contributed by atoms with Gasteiger partial charge in [0.15, 0.2) is 5.65 Å². The van der Waals surface area contributed by atoms with Crippen LogP contribution in [-0.4, -0.2) is 69.2 Å². The summed E-state index contributed by atoms with van der Waals surface area (Å²) in [7, 11) is 3.60. The number of amides is 1. The van der Waals surface area contributed by atoms with Crippen molar-refractivity contribution in [3.63, 3.8) is 0 Å². The van der Waals surface area contributed by atoms with Crippen LogP contribution in [0, 0.1) is 5.41 Å². The lowest BCUT2D eigenvalue weighted by atomic mass is 9.86. The van der Waals surface area contributed by atoms with Crippen LogP contribution in [0.1, 0.15) is 78.2 Å². The van der Waals surface area contributed by atoms with Gasteiger partial charge in [0.2, 0.25) is 5.95 Å². The minimum atomic E-state index is -4.56. The fraction of sp³-hybridized carbons (Fsp3) is 0.455. The normalized spacial score (nSPS) is 16.0. The van der Waals surface area contributed by atoms with Crippen LogP contribution in [0.25, 0.3) is 22.4 Å². The standard InChI is InChI=1S/C33H36F3N7O4/c1-43(17-32(18-47-2)11-3-4-12-32)25-14-24(21-13-23(33(34,35)36)27(38-16-21)19-5-6-19)39-29-28(25)40-31(41-29)42-30(46)20-7-8-22(37-15-20)9-10-26(44)45/h7-8,13-16,19H,3-6,9-12,17-18H2,1-2H3,(H,44,45)(H2,39,40,41,42,46). The Labute approximate surface area is 269 Å². The van der Waals surface area contributed by atoms with Gasteiger partial charge in [0.1, 0.15) is 5.52 Å². The molecule has 0 aromatic carbocycles. The average molecular weight is 652 g/mol. The number of alkyl halides is 3. The van der Waals surface area contributed by atoms with Gasteiger partial charge in [0.05, 0.1) is 41.2 Å². The minimum absolute atomic E-state index is 0.0663. The van der Waals surface area contributed by atoms with Crippen LogP contribution in [0.5, 0.6) is 0 Å². The van der Waals surface area contributed by atoms with Gasteiger partial charge in [-0.25, -0.2) is 4.98 Å². The first-order valence-electron chi connectivity index (χ1n) is 15.6. The van der Waals surface area contributed by atoms with E-state index in [-0.39, 0.29) is 58.3 Å². The Balaban J connectivity index is 1.36. The molecule has 11 nitrogen and oxygen atoms in total. The maximum Gasteiger partial charge on any atom is 0.418 e. The number of fused-ring (bicyclic) bond motifs is 1. The van der Waals surface area contributed by atoms with Crippen LogP contribution >= 0.6 is 0 Å². The van der Waals surface area contributed by atoms with Crippen LogP contribution in [0.15, 0.2) is 36.7 Å². The second kappa shape index (κ2) is 12.9. The van der Waals surface area contributed by atoms with Gasteiger partial charge >= 0.3 is 12.1 Å². The van der Waals surface area contributed by atoms with Gasteiger partial charge in [0.25, 0.3) is 5.91 Å². The molecule has 4 aromatic heterocycles. The largest absolute Gasteiger partial charge is 0.481 e. The molecule has 0 bridgehead atoms. The van der Waals surface area contributed by atoms with Crippen LogP contribution in [0.2, 0.25) is 0 Å². The smallest absolute Gasteiger partial charge is 0.418 e. The number of carbonyl (C=O) groups is 2. The van der Waals surface area contributed by atoms with Crippen molar-refractivity contribution in [2.24, 2.45) is 5.41 Å². The summed E-state index contributed by atoms with van der Waals surface area (Å²) in [5.74, 6) is -1.53. The third-order valence-electron chi connectivity index (χ3n) is 8.94. The first-order chi connectivity index (χ1) is 22.4. The van der Waals surface area contributed by atoms with Gasteiger partial charge in [-0.05, 0) is 49.9 Å². The van der Waals surface area contributed by atoms with Crippen molar-refractivity contribution in [3.8, 4) is 11.3 Å². The van der Waals surface area contributed by atoms with Gasteiger partial charge in [-0.15, -0.1) is 0 Å². The number of hydrogen-bond acceptors (Lipinski definition) is 8. The SMILES string of the molecule is COCC1(CN(C)c2cc(-c3cnc(C4CC4)c(C(F)(F)F)c3)nc3nc(NC(=O)c4ccc(CCC(=O)O)nc4)[nH]c23)CCCC1. The Kier molecular flexibility index (Phi) is 8.88. The Morgan fingerprint density at radius 1 is 1.13 bits per heavy atom. The summed E-state index contributed by atoms with van der Waals surface area (Å²) in [6.07, 6.45) is 3.91. The van der Waals surface area contributed by atoms with E-state index in [0.717, 1.165) is 31.7 Å². The second-order valence-electron chi connectivity index (χ2n) is 12.6. The fourth-order valence-electron chi connectivity index (χ4n) is 6.49. The summed E-state index contributed by atoms with van der Waals surface area (Å²) >= 11 is 0. The van der Waals surface area contributed by atoms with Crippen molar-refractivity contribution < 1.29 is 32.6 Å². The molecule has 0 spiro atoms. The Morgan fingerprint density at radius 2 is 1.89 bits per heavy atom. The van der Waals surface area contributed by atoms with Crippen molar-refractivity contribution in [1.29, 1.82) is 0 Å². The number of hydrogen-bond donors (Lipinski definition) is 3. The lowest BCUT2D eigenvalue weighted by Gasteiger charge is -2.34. The number of imidazole rings is 1. The van der Waals surface area contributed by atoms with Gasteiger partial charge in [-0.1, -0.05) is 12.8 Å². The van der Waals surface area contributed by atoms with Crippen LogP contribution in [0.4, 0.5) is 24.8 Å². The molecular formula is C33H36F3N7O4. The number of H-pyrrole nitrogens is 1. The molecule has 0 radical (unpaired) electrons. The van der Waals surface area contributed by atoms with E-state index in [4.69, 9.17) is 9.84 Å². The molecule has 248 valence electrons. The van der Waals surface area contributed by atoms with Crippen molar-refractivity contribution in [2.45, 2.75) is 63.5 Å². The highest BCUT2D eigenvalue weighted by Crippen LogP contribution is 2.46. The summed E-state index contributed by atoms with van der Waals surface area (Å²) in [4.78, 5) is 46.7. The first-order valence-corrected chi connectivity index (χ1v) is 15.6. The van der Waals surface area contributed by atoms with Crippen LogP contribution in [0.3, 0.4) is 0 Å². The Hall–Kier alpha value is -4.59. The molecule has 0 aliphatic heterocycles. The third-order valence-corrected chi connectivity index (χ3v) is 8.94. The van der Waals surface area contributed by atoms with E-state index in [1.54, 1.807) is 25.3 Å². The van der Waals surface area contributed by atoms with Gasteiger partial charge in [0, 0.05) is 62.1 Å². The lowest BCUT2D eigenvalue weighted by Crippen LogP contribution is -2.37. The number of aliphatic carboxylic acids is 1. The Morgan fingerprint density at radius 3 is 2.53 bits per heavy atom. The average Bonchev–Trinajstić information content (AvgIpc) is 3.65. The summed E-state index contributed by atoms with van der Waals surface area (Å²) in [5, 5.41) is 11.6. The van der Waals surface area contributed by atoms with Crippen LogP contribution in [-0.2, 0) is 22.1 Å². The quantitative estimate of drug-likeness (QED) is 0.162. The van der Waals surface area contributed by atoms with E-state index in [9.17, 15) is 22.8 Å². The molecular weight excluding hydrogens is 615 g/mol. The van der Waals surface area contributed by atoms with Gasteiger partial charge in [-0.2, -0.15) is 18.2 Å². The molecule has 2 aliphatic rings. The zero-order chi connectivity index (χ0) is 33.3. The van der Waals surface area contributed by atoms with E-state index in [2.05, 4.69) is 30.2 Å². The molecule has 2 aliphatic carbocycles. The van der Waals surface area contributed by atoms with E-state index in [1.165, 1.54) is 12.4 Å². The molecule has 0 saturated heterocycles. The number of aromatic amines is 1. The number of aromatic nitrogens is 5. The number of carboxylic acid groups (broad SMARTS) is 1. The number of rotatable bonds is 12. The molecule has 2 fully saturated rings. The number of carbonyl (C=O) groups excluding carboxylic acids is 1. The summed E-state index contributed by atoms with van der Waals surface area (Å²) in [6.45, 7) is 1.21. The first kappa shape index (κ1) is 32.4. The third kappa shape index (κ3) is 7.22. The summed E-state index contributed by atoms with van der Waals surface area (Å²) < 4.78 is 48.0. The number of halogens is 3. The number of carboxylic acids is 1. The molecule has 6 rings (SSSR count). The highest BCUT2D eigenvalue weighted by molar-refractivity contribution is 6.04. The van der Waals surface area contributed by atoms with Crippen molar-refractivity contribution in [3.05, 3.63) is 59.2 Å². The minimum Gasteiger partial charge on any atom is -0.481 e. The lowest BCUT2D eigenvalue weighted by molar-refractivity contribution is -0.138. The van der Waals surface area contributed by atoms with Gasteiger partial charge in [-0.3, -0.25) is 24.9 Å². The fourth-order valence-corrected chi connectivity index (χ4v) is 6.49. The number of aryl methyl sites for hydroxylation is 1. The number of methoxy groups -OCH3 is 1. The second-order valence-corrected chi connectivity index (χ2v) is 12.6. The molecule has 2 saturated carbocycles. The van der Waals surface area contributed by atoms with Crippen molar-refractivity contribution >= 4 is 34.7 Å². The van der Waals surface area contributed by atoms with E-state index in [0.29, 0.717) is 42.9 Å². The molecule has 4 aromatic rings. The number of anilines is 2.